The van der Waals surface area contributed by atoms with Crippen LogP contribution >= 0.6 is 23.2 Å². The van der Waals surface area contributed by atoms with Crippen LogP contribution in [-0.2, 0) is 0 Å². The average Bonchev–Trinajstić information content (AvgIpc) is 3.41. The maximum atomic E-state index is 12.7. The van der Waals surface area contributed by atoms with Crippen LogP contribution in [0, 0.1) is 0 Å². The van der Waals surface area contributed by atoms with E-state index < -0.39 is 0 Å². The van der Waals surface area contributed by atoms with Gasteiger partial charge in [0.05, 0.1) is 16.3 Å². The van der Waals surface area contributed by atoms with Gasteiger partial charge in [-0.05, 0) is 30.3 Å². The largest absolute Gasteiger partial charge is 0.459 e. The number of carbonyl (C=O) groups is 2. The zero-order chi connectivity index (χ0) is 19.7. The molecule has 1 saturated heterocycles. The third-order valence-electron chi connectivity index (χ3n) is 4.48. The van der Waals surface area contributed by atoms with Gasteiger partial charge in [-0.2, -0.15) is 0 Å². The number of hydrogen-bond donors (Lipinski definition) is 0. The molecule has 1 fully saturated rings. The Morgan fingerprint density at radius 2 is 1.64 bits per heavy atom. The minimum atomic E-state index is -0.250. The topological polar surface area (TPSA) is 79.8 Å². The monoisotopic (exact) mass is 419 g/mol. The SMILES string of the molecule is O=C(c1coc(-c2ccc(Cl)c(Cl)c2)n1)N1CCN(C(=O)c2ccco2)CC1. The summed E-state index contributed by atoms with van der Waals surface area (Å²) in [6.07, 6.45) is 2.78. The van der Waals surface area contributed by atoms with Gasteiger partial charge in [-0.15, -0.1) is 0 Å². The Balaban J connectivity index is 1.41. The van der Waals surface area contributed by atoms with Crippen molar-refractivity contribution in [3.63, 3.8) is 0 Å². The summed E-state index contributed by atoms with van der Waals surface area (Å²) in [6, 6.07) is 8.28. The molecule has 2 amide bonds. The van der Waals surface area contributed by atoms with Crippen molar-refractivity contribution in [1.29, 1.82) is 0 Å². The molecule has 0 spiro atoms. The van der Waals surface area contributed by atoms with Crippen molar-refractivity contribution in [2.24, 2.45) is 0 Å². The molecule has 0 unspecified atom stereocenters. The number of amides is 2. The maximum Gasteiger partial charge on any atom is 0.289 e. The van der Waals surface area contributed by atoms with Crippen LogP contribution in [0.1, 0.15) is 21.0 Å². The second kappa shape index (κ2) is 7.69. The number of hydrogen-bond acceptors (Lipinski definition) is 5. The molecule has 0 aliphatic carbocycles. The molecule has 2 aromatic heterocycles. The lowest BCUT2D eigenvalue weighted by Crippen LogP contribution is -2.50. The smallest absolute Gasteiger partial charge is 0.289 e. The van der Waals surface area contributed by atoms with Gasteiger partial charge in [-0.25, -0.2) is 4.98 Å². The van der Waals surface area contributed by atoms with Gasteiger partial charge in [0.2, 0.25) is 5.89 Å². The fourth-order valence-corrected chi connectivity index (χ4v) is 3.26. The number of aromatic nitrogens is 1. The van der Waals surface area contributed by atoms with E-state index in [0.29, 0.717) is 47.5 Å². The van der Waals surface area contributed by atoms with Gasteiger partial charge in [0.1, 0.15) is 6.26 Å². The fourth-order valence-electron chi connectivity index (χ4n) is 2.96. The van der Waals surface area contributed by atoms with E-state index >= 15 is 0 Å². The highest BCUT2D eigenvalue weighted by Gasteiger charge is 2.28. The number of furan rings is 1. The summed E-state index contributed by atoms with van der Waals surface area (Å²) in [4.78, 5) is 32.6. The summed E-state index contributed by atoms with van der Waals surface area (Å²) in [5, 5.41) is 0.804. The normalized spacial score (nSPS) is 14.4. The third-order valence-corrected chi connectivity index (χ3v) is 5.21. The van der Waals surface area contributed by atoms with Crippen LogP contribution in [0.5, 0.6) is 0 Å². The molecular formula is C19H15Cl2N3O4. The van der Waals surface area contributed by atoms with E-state index in [1.165, 1.54) is 12.5 Å². The first-order valence-corrected chi connectivity index (χ1v) is 9.31. The van der Waals surface area contributed by atoms with Gasteiger partial charge in [-0.1, -0.05) is 23.2 Å². The molecular weight excluding hydrogens is 405 g/mol. The third kappa shape index (κ3) is 3.63. The standard InChI is InChI=1S/C19H15Cl2N3O4/c20-13-4-3-12(10-14(13)21)17-22-15(11-28-17)18(25)23-5-7-24(8-6-23)19(26)16-2-1-9-27-16/h1-4,9-11H,5-8H2. The molecule has 0 saturated carbocycles. The van der Waals surface area contributed by atoms with Crippen LogP contribution in [0.4, 0.5) is 0 Å². The van der Waals surface area contributed by atoms with E-state index in [1.807, 2.05) is 0 Å². The van der Waals surface area contributed by atoms with E-state index in [2.05, 4.69) is 4.98 Å². The number of piperazine rings is 1. The molecule has 4 rings (SSSR count). The zero-order valence-corrected chi connectivity index (χ0v) is 16.1. The van der Waals surface area contributed by atoms with Crippen LogP contribution in [0.25, 0.3) is 11.5 Å². The Labute approximate surface area is 170 Å². The predicted molar refractivity (Wildman–Crippen MR) is 102 cm³/mol. The van der Waals surface area contributed by atoms with E-state index in [4.69, 9.17) is 32.0 Å². The van der Waals surface area contributed by atoms with Crippen molar-refractivity contribution >= 4 is 35.0 Å². The van der Waals surface area contributed by atoms with Crippen molar-refractivity contribution in [2.45, 2.75) is 0 Å². The lowest BCUT2D eigenvalue weighted by atomic mass is 10.2. The Kier molecular flexibility index (Phi) is 5.11. The average molecular weight is 420 g/mol. The molecule has 7 nitrogen and oxygen atoms in total. The molecule has 0 atom stereocenters. The predicted octanol–water partition coefficient (Wildman–Crippen LogP) is 3.84. The molecule has 9 heteroatoms. The number of rotatable bonds is 3. The van der Waals surface area contributed by atoms with Crippen molar-refractivity contribution in [2.75, 3.05) is 26.2 Å². The zero-order valence-electron chi connectivity index (χ0n) is 14.6. The fraction of sp³-hybridized carbons (Fsp3) is 0.211. The van der Waals surface area contributed by atoms with E-state index in [-0.39, 0.29) is 23.4 Å². The van der Waals surface area contributed by atoms with Gasteiger partial charge in [0, 0.05) is 31.7 Å². The molecule has 1 aliphatic heterocycles. The highest BCUT2D eigenvalue weighted by Crippen LogP contribution is 2.28. The highest BCUT2D eigenvalue weighted by molar-refractivity contribution is 6.42. The molecule has 28 heavy (non-hydrogen) atoms. The van der Waals surface area contributed by atoms with Crippen molar-refractivity contribution in [3.8, 4) is 11.5 Å². The van der Waals surface area contributed by atoms with Crippen LogP contribution < -0.4 is 0 Å². The molecule has 144 valence electrons. The minimum absolute atomic E-state index is 0.180. The second-order valence-corrected chi connectivity index (χ2v) is 7.04. The summed E-state index contributed by atoms with van der Waals surface area (Å²) in [7, 11) is 0. The summed E-state index contributed by atoms with van der Waals surface area (Å²) in [5.74, 6) is 0.150. The summed E-state index contributed by atoms with van der Waals surface area (Å²) < 4.78 is 10.6. The van der Waals surface area contributed by atoms with Crippen LogP contribution in [0.2, 0.25) is 10.0 Å². The summed E-state index contributed by atoms with van der Waals surface area (Å²) in [6.45, 7) is 1.64. The van der Waals surface area contributed by atoms with Crippen molar-refractivity contribution in [1.82, 2.24) is 14.8 Å². The Morgan fingerprint density at radius 3 is 2.29 bits per heavy atom. The summed E-state index contributed by atoms with van der Waals surface area (Å²) in [5.41, 5.74) is 0.828. The van der Waals surface area contributed by atoms with Gasteiger partial charge >= 0.3 is 0 Å². The van der Waals surface area contributed by atoms with Crippen molar-refractivity contribution < 1.29 is 18.4 Å². The van der Waals surface area contributed by atoms with Gasteiger partial charge < -0.3 is 18.6 Å². The first-order valence-electron chi connectivity index (χ1n) is 8.56. The Bertz CT molecular complexity index is 1010. The lowest BCUT2D eigenvalue weighted by molar-refractivity contribution is 0.0515. The van der Waals surface area contributed by atoms with Crippen molar-refractivity contribution in [3.05, 3.63) is 64.4 Å². The molecule has 3 aromatic rings. The van der Waals surface area contributed by atoms with Gasteiger partial charge in [0.25, 0.3) is 11.8 Å². The molecule has 3 heterocycles. The summed E-state index contributed by atoms with van der Waals surface area (Å²) >= 11 is 11.9. The van der Waals surface area contributed by atoms with Crippen LogP contribution in [0.3, 0.4) is 0 Å². The van der Waals surface area contributed by atoms with Crippen LogP contribution in [-0.4, -0.2) is 52.8 Å². The van der Waals surface area contributed by atoms with E-state index in [0.717, 1.165) is 0 Å². The molecule has 0 radical (unpaired) electrons. The molecule has 1 aliphatic rings. The quantitative estimate of drug-likeness (QED) is 0.644. The molecule has 0 bridgehead atoms. The number of carbonyl (C=O) groups excluding carboxylic acids is 2. The van der Waals surface area contributed by atoms with Crippen LogP contribution in [0.15, 0.2) is 51.7 Å². The lowest BCUT2D eigenvalue weighted by Gasteiger charge is -2.33. The Morgan fingerprint density at radius 1 is 0.929 bits per heavy atom. The first kappa shape index (κ1) is 18.6. The van der Waals surface area contributed by atoms with Gasteiger partial charge in [0.15, 0.2) is 11.5 Å². The van der Waals surface area contributed by atoms with E-state index in [1.54, 1.807) is 40.1 Å². The second-order valence-electron chi connectivity index (χ2n) is 6.23. The highest BCUT2D eigenvalue weighted by atomic mass is 35.5. The first-order chi connectivity index (χ1) is 13.5. The maximum absolute atomic E-state index is 12.7. The number of halogens is 2. The Hall–Kier alpha value is -2.77. The van der Waals surface area contributed by atoms with Gasteiger partial charge in [-0.3, -0.25) is 9.59 Å². The molecule has 1 aromatic carbocycles. The molecule has 0 N–H and O–H groups in total. The number of oxazole rings is 1. The van der Waals surface area contributed by atoms with E-state index in [9.17, 15) is 9.59 Å². The minimum Gasteiger partial charge on any atom is -0.459 e. The number of benzene rings is 1. The number of nitrogens with zero attached hydrogens (tertiary/aromatic N) is 3.